The van der Waals surface area contributed by atoms with E-state index in [-0.39, 0.29) is 0 Å². The molecule has 0 atom stereocenters. The van der Waals surface area contributed by atoms with Crippen LogP contribution in [-0.4, -0.2) is 33.9 Å². The summed E-state index contributed by atoms with van der Waals surface area (Å²) in [5, 5.41) is 0. The van der Waals surface area contributed by atoms with Crippen LogP contribution < -0.4 is 14.2 Å². The summed E-state index contributed by atoms with van der Waals surface area (Å²) in [5.74, 6) is 1.30. The van der Waals surface area contributed by atoms with Gasteiger partial charge in [0.05, 0.1) is 33.5 Å². The quantitative estimate of drug-likeness (QED) is 0.584. The Morgan fingerprint density at radius 3 is 2.11 bits per heavy atom. The van der Waals surface area contributed by atoms with Gasteiger partial charge >= 0.3 is 5.97 Å². The first kappa shape index (κ1) is 14.9. The molecule has 0 fully saturated rings. The first-order valence-electron chi connectivity index (χ1n) is 5.81. The highest BCUT2D eigenvalue weighted by Crippen LogP contribution is 2.34. The molecule has 1 rings (SSSR count). The zero-order valence-corrected chi connectivity index (χ0v) is 11.6. The molecule has 0 spiro atoms. The number of hydrogen-bond donors (Lipinski definition) is 0. The number of carbonyl (C=O) groups is 1. The van der Waals surface area contributed by atoms with Gasteiger partial charge in [0.2, 0.25) is 0 Å². The summed E-state index contributed by atoms with van der Waals surface area (Å²) in [7, 11) is 4.63. The molecule has 0 saturated heterocycles. The maximum Gasteiger partial charge on any atom is 0.330 e. The Hall–Kier alpha value is -2.17. The molecule has 0 radical (unpaired) electrons. The lowest BCUT2D eigenvalue weighted by molar-refractivity contribution is -0.137. The molecule has 0 aliphatic heterocycles. The molecular weight excluding hydrogens is 248 g/mol. The molecule has 0 aromatic heterocycles. The van der Waals surface area contributed by atoms with Crippen molar-refractivity contribution in [3.63, 3.8) is 0 Å². The molecule has 0 aliphatic carbocycles. The van der Waals surface area contributed by atoms with Gasteiger partial charge in [-0.05, 0) is 13.0 Å². The van der Waals surface area contributed by atoms with Crippen molar-refractivity contribution in [2.24, 2.45) is 0 Å². The molecule has 0 amide bonds. The van der Waals surface area contributed by atoms with Gasteiger partial charge in [-0.3, -0.25) is 0 Å². The molecule has 0 saturated carbocycles. The van der Waals surface area contributed by atoms with Crippen molar-refractivity contribution in [2.45, 2.75) is 6.92 Å². The predicted octanol–water partition coefficient (Wildman–Crippen LogP) is 2.29. The second kappa shape index (κ2) is 7.31. The van der Waals surface area contributed by atoms with Crippen LogP contribution in [0.1, 0.15) is 12.5 Å². The van der Waals surface area contributed by atoms with Crippen molar-refractivity contribution >= 4 is 12.0 Å². The SMILES string of the molecule is CCOC(=O)C=Cc1c(OC)cc(OC)cc1OC. The molecule has 5 nitrogen and oxygen atoms in total. The van der Waals surface area contributed by atoms with Gasteiger partial charge in [-0.1, -0.05) is 0 Å². The van der Waals surface area contributed by atoms with Crippen molar-refractivity contribution in [3.8, 4) is 17.2 Å². The summed E-state index contributed by atoms with van der Waals surface area (Å²) in [6.07, 6.45) is 2.92. The molecule has 0 aliphatic rings. The molecule has 0 heterocycles. The van der Waals surface area contributed by atoms with Gasteiger partial charge in [-0.2, -0.15) is 0 Å². The summed E-state index contributed by atoms with van der Waals surface area (Å²) in [4.78, 5) is 11.3. The van der Waals surface area contributed by atoms with E-state index in [0.29, 0.717) is 29.4 Å². The van der Waals surface area contributed by atoms with Crippen molar-refractivity contribution in [1.29, 1.82) is 0 Å². The van der Waals surface area contributed by atoms with E-state index in [9.17, 15) is 4.79 Å². The minimum Gasteiger partial charge on any atom is -0.496 e. The lowest BCUT2D eigenvalue weighted by Gasteiger charge is -2.12. The number of ether oxygens (including phenoxy) is 4. The van der Waals surface area contributed by atoms with E-state index in [4.69, 9.17) is 18.9 Å². The third kappa shape index (κ3) is 3.91. The molecule has 0 N–H and O–H groups in total. The summed E-state index contributed by atoms with van der Waals surface area (Å²) in [6, 6.07) is 3.43. The fraction of sp³-hybridized carbons (Fsp3) is 0.357. The normalized spacial score (nSPS) is 10.3. The maximum absolute atomic E-state index is 11.3. The van der Waals surface area contributed by atoms with Gasteiger partial charge in [-0.15, -0.1) is 0 Å². The fourth-order valence-corrected chi connectivity index (χ4v) is 1.54. The second-order valence-electron chi connectivity index (χ2n) is 3.53. The highest BCUT2D eigenvalue weighted by molar-refractivity contribution is 5.88. The van der Waals surface area contributed by atoms with Gasteiger partial charge in [0.25, 0.3) is 0 Å². The van der Waals surface area contributed by atoms with Gasteiger partial charge in [0.15, 0.2) is 0 Å². The van der Waals surface area contributed by atoms with Crippen molar-refractivity contribution in [1.82, 2.24) is 0 Å². The summed E-state index contributed by atoms with van der Waals surface area (Å²) in [5.41, 5.74) is 0.652. The van der Waals surface area contributed by atoms with Crippen molar-refractivity contribution in [3.05, 3.63) is 23.8 Å². The molecular formula is C14H18O5. The molecule has 1 aromatic carbocycles. The van der Waals surface area contributed by atoms with Gasteiger partial charge in [0, 0.05) is 18.2 Å². The molecule has 0 bridgehead atoms. The highest BCUT2D eigenvalue weighted by atomic mass is 16.5. The van der Waals surface area contributed by atoms with Gasteiger partial charge < -0.3 is 18.9 Å². The van der Waals surface area contributed by atoms with Crippen LogP contribution in [0, 0.1) is 0 Å². The Morgan fingerprint density at radius 2 is 1.68 bits per heavy atom. The van der Waals surface area contributed by atoms with Crippen LogP contribution in [0.5, 0.6) is 17.2 Å². The first-order valence-corrected chi connectivity index (χ1v) is 5.81. The fourth-order valence-electron chi connectivity index (χ4n) is 1.54. The van der Waals surface area contributed by atoms with Crippen molar-refractivity contribution < 1.29 is 23.7 Å². The van der Waals surface area contributed by atoms with E-state index in [0.717, 1.165) is 0 Å². The molecule has 5 heteroatoms. The van der Waals surface area contributed by atoms with E-state index >= 15 is 0 Å². The van der Waals surface area contributed by atoms with E-state index in [1.807, 2.05) is 0 Å². The average Bonchev–Trinajstić information content (AvgIpc) is 2.44. The lowest BCUT2D eigenvalue weighted by Crippen LogP contribution is -1.99. The summed E-state index contributed by atoms with van der Waals surface area (Å²) >= 11 is 0. The van der Waals surface area contributed by atoms with Crippen LogP contribution in [0.2, 0.25) is 0 Å². The number of hydrogen-bond acceptors (Lipinski definition) is 5. The Kier molecular flexibility index (Phi) is 5.73. The smallest absolute Gasteiger partial charge is 0.330 e. The monoisotopic (exact) mass is 266 g/mol. The van der Waals surface area contributed by atoms with Crippen LogP contribution >= 0.6 is 0 Å². The minimum atomic E-state index is -0.414. The predicted molar refractivity (Wildman–Crippen MR) is 71.8 cm³/mol. The molecule has 0 unspecified atom stereocenters. The molecule has 104 valence electrons. The second-order valence-corrected chi connectivity index (χ2v) is 3.53. The number of rotatable bonds is 6. The Balaban J connectivity index is 3.13. The minimum absolute atomic E-state index is 0.333. The van der Waals surface area contributed by atoms with E-state index in [1.165, 1.54) is 20.3 Å². The average molecular weight is 266 g/mol. The third-order valence-electron chi connectivity index (χ3n) is 2.43. The zero-order valence-electron chi connectivity index (χ0n) is 11.6. The summed E-state index contributed by atoms with van der Waals surface area (Å²) < 4.78 is 20.5. The van der Waals surface area contributed by atoms with E-state index in [2.05, 4.69) is 0 Å². The van der Waals surface area contributed by atoms with E-state index in [1.54, 1.807) is 32.2 Å². The Morgan fingerprint density at radius 1 is 1.11 bits per heavy atom. The Bertz CT molecular complexity index is 440. The van der Waals surface area contributed by atoms with Crippen molar-refractivity contribution in [2.75, 3.05) is 27.9 Å². The number of esters is 1. The van der Waals surface area contributed by atoms with Crippen LogP contribution in [-0.2, 0) is 9.53 Å². The molecule has 19 heavy (non-hydrogen) atoms. The number of benzene rings is 1. The summed E-state index contributed by atoms with van der Waals surface area (Å²) in [6.45, 7) is 2.08. The standard InChI is InChI=1S/C14H18O5/c1-5-19-14(15)7-6-11-12(17-3)8-10(16-2)9-13(11)18-4/h6-9H,5H2,1-4H3. The first-order chi connectivity index (χ1) is 9.15. The maximum atomic E-state index is 11.3. The number of carbonyl (C=O) groups excluding carboxylic acids is 1. The lowest BCUT2D eigenvalue weighted by atomic mass is 10.1. The van der Waals surface area contributed by atoms with Gasteiger partial charge in [0.1, 0.15) is 17.2 Å². The third-order valence-corrected chi connectivity index (χ3v) is 2.43. The van der Waals surface area contributed by atoms with Crippen LogP contribution in [0.25, 0.3) is 6.08 Å². The number of methoxy groups -OCH3 is 3. The Labute approximate surface area is 112 Å². The topological polar surface area (TPSA) is 54.0 Å². The van der Waals surface area contributed by atoms with Crippen LogP contribution in [0.15, 0.2) is 18.2 Å². The van der Waals surface area contributed by atoms with E-state index < -0.39 is 5.97 Å². The largest absolute Gasteiger partial charge is 0.496 e. The zero-order chi connectivity index (χ0) is 14.3. The molecule has 1 aromatic rings. The van der Waals surface area contributed by atoms with Gasteiger partial charge in [-0.25, -0.2) is 4.79 Å². The van der Waals surface area contributed by atoms with Crippen LogP contribution in [0.3, 0.4) is 0 Å². The highest BCUT2D eigenvalue weighted by Gasteiger charge is 2.11. The van der Waals surface area contributed by atoms with Crippen LogP contribution in [0.4, 0.5) is 0 Å².